The Balaban J connectivity index is 1.64. The molecule has 0 N–H and O–H groups in total. The third-order valence-corrected chi connectivity index (χ3v) is 4.27. The molecule has 4 nitrogen and oxygen atoms in total. The third-order valence-electron chi connectivity index (χ3n) is 4.27. The summed E-state index contributed by atoms with van der Waals surface area (Å²) in [6, 6.07) is 10.7. The number of aromatic nitrogens is 1. The molecule has 1 fully saturated rings. The molecule has 2 heterocycles. The predicted molar refractivity (Wildman–Crippen MR) is 84.5 cm³/mol. The van der Waals surface area contributed by atoms with Gasteiger partial charge >= 0.3 is 0 Å². The van der Waals surface area contributed by atoms with Crippen LogP contribution in [0.3, 0.4) is 0 Å². The highest BCUT2D eigenvalue weighted by Crippen LogP contribution is 2.19. The molecule has 1 saturated heterocycles. The summed E-state index contributed by atoms with van der Waals surface area (Å²) >= 11 is 0. The monoisotopic (exact) mass is 285 g/mol. The third kappa shape index (κ3) is 3.27. The summed E-state index contributed by atoms with van der Waals surface area (Å²) in [6.07, 6.45) is 1.19. The van der Waals surface area contributed by atoms with Crippen molar-refractivity contribution >= 4 is 5.69 Å². The van der Waals surface area contributed by atoms with Gasteiger partial charge in [0.05, 0.1) is 5.69 Å². The number of nitrogens with zero attached hydrogens (tertiary/aromatic N) is 3. The molecule has 0 unspecified atom stereocenters. The van der Waals surface area contributed by atoms with E-state index in [0.717, 1.165) is 44.2 Å². The summed E-state index contributed by atoms with van der Waals surface area (Å²) in [5.41, 5.74) is 3.61. The van der Waals surface area contributed by atoms with Crippen LogP contribution >= 0.6 is 0 Å². The van der Waals surface area contributed by atoms with Gasteiger partial charge in [-0.15, -0.1) is 0 Å². The minimum atomic E-state index is 0.948. The first-order chi connectivity index (χ1) is 10.2. The Morgan fingerprint density at radius 3 is 2.57 bits per heavy atom. The van der Waals surface area contributed by atoms with Crippen LogP contribution in [0.4, 0.5) is 5.69 Å². The zero-order valence-electron chi connectivity index (χ0n) is 12.9. The molecule has 2 aromatic rings. The number of para-hydroxylation sites is 1. The van der Waals surface area contributed by atoms with Crippen molar-refractivity contribution in [3.05, 3.63) is 47.3 Å². The zero-order valence-corrected chi connectivity index (χ0v) is 12.9. The van der Waals surface area contributed by atoms with Crippen LogP contribution < -0.4 is 4.90 Å². The number of benzene rings is 1. The Morgan fingerprint density at radius 1 is 1.05 bits per heavy atom. The first kappa shape index (κ1) is 14.1. The van der Waals surface area contributed by atoms with Crippen LogP contribution in [0.5, 0.6) is 0 Å². The quantitative estimate of drug-likeness (QED) is 0.868. The Bertz CT molecular complexity index is 559. The Morgan fingerprint density at radius 2 is 1.86 bits per heavy atom. The molecule has 21 heavy (non-hydrogen) atoms. The molecular weight excluding hydrogens is 262 g/mol. The van der Waals surface area contributed by atoms with Gasteiger partial charge in [-0.3, -0.25) is 4.90 Å². The van der Waals surface area contributed by atoms with Gasteiger partial charge in [0.15, 0.2) is 0 Å². The van der Waals surface area contributed by atoms with Gasteiger partial charge in [-0.05, 0) is 32.4 Å². The highest BCUT2D eigenvalue weighted by molar-refractivity contribution is 5.46. The van der Waals surface area contributed by atoms with Gasteiger partial charge in [-0.2, -0.15) is 0 Å². The predicted octanol–water partition coefficient (Wildman–Crippen LogP) is 3.00. The number of aryl methyl sites for hydroxylation is 2. The number of hydrogen-bond acceptors (Lipinski definition) is 4. The van der Waals surface area contributed by atoms with Gasteiger partial charge in [-0.25, -0.2) is 0 Å². The molecule has 0 saturated carbocycles. The molecule has 1 aromatic heterocycles. The van der Waals surface area contributed by atoms with Gasteiger partial charge in [0.2, 0.25) is 0 Å². The molecule has 0 atom stereocenters. The van der Waals surface area contributed by atoms with Crippen molar-refractivity contribution < 1.29 is 4.52 Å². The zero-order chi connectivity index (χ0) is 14.7. The molecule has 0 amide bonds. The van der Waals surface area contributed by atoms with Gasteiger partial charge < -0.3 is 9.42 Å². The summed E-state index contributed by atoms with van der Waals surface area (Å²) in [7, 11) is 0. The summed E-state index contributed by atoms with van der Waals surface area (Å²) in [6.45, 7) is 9.40. The van der Waals surface area contributed by atoms with E-state index in [2.05, 4.69) is 45.3 Å². The lowest BCUT2D eigenvalue weighted by atomic mass is 10.2. The molecule has 112 valence electrons. The van der Waals surface area contributed by atoms with Crippen LogP contribution in [0, 0.1) is 13.8 Å². The molecular formula is C17H23N3O. The number of rotatable bonds is 3. The average molecular weight is 285 g/mol. The van der Waals surface area contributed by atoms with Gasteiger partial charge in [0.1, 0.15) is 5.76 Å². The van der Waals surface area contributed by atoms with Crippen LogP contribution in [0.15, 0.2) is 34.9 Å². The molecule has 4 heteroatoms. The first-order valence-corrected chi connectivity index (χ1v) is 7.68. The lowest BCUT2D eigenvalue weighted by Crippen LogP contribution is -2.30. The SMILES string of the molecule is Cc1noc(C)c1CN1CCCN(c2ccccc2)CC1. The van der Waals surface area contributed by atoms with Crippen molar-refractivity contribution in [1.29, 1.82) is 0 Å². The van der Waals surface area contributed by atoms with E-state index in [-0.39, 0.29) is 0 Å². The van der Waals surface area contributed by atoms with Crippen LogP contribution in [0.1, 0.15) is 23.4 Å². The summed E-state index contributed by atoms with van der Waals surface area (Å²) in [5.74, 6) is 0.955. The van der Waals surface area contributed by atoms with Crippen molar-refractivity contribution in [2.45, 2.75) is 26.8 Å². The molecule has 0 aliphatic carbocycles. The molecule has 3 rings (SSSR count). The second-order valence-corrected chi connectivity index (χ2v) is 5.76. The van der Waals surface area contributed by atoms with Crippen LogP contribution in [0.25, 0.3) is 0 Å². The smallest absolute Gasteiger partial charge is 0.138 e. The second-order valence-electron chi connectivity index (χ2n) is 5.76. The van der Waals surface area contributed by atoms with Crippen molar-refractivity contribution in [2.24, 2.45) is 0 Å². The van der Waals surface area contributed by atoms with Crippen molar-refractivity contribution in [1.82, 2.24) is 10.1 Å². The lowest BCUT2D eigenvalue weighted by Gasteiger charge is -2.23. The standard InChI is InChI=1S/C17H23N3O/c1-14-17(15(2)21-18-14)13-19-9-6-10-20(12-11-19)16-7-4-3-5-8-16/h3-5,7-8H,6,9-13H2,1-2H3. The molecule has 1 aromatic carbocycles. The maximum atomic E-state index is 5.27. The van der Waals surface area contributed by atoms with Crippen LogP contribution in [0.2, 0.25) is 0 Å². The van der Waals surface area contributed by atoms with E-state index in [1.54, 1.807) is 0 Å². The van der Waals surface area contributed by atoms with E-state index in [4.69, 9.17) is 4.52 Å². The highest BCUT2D eigenvalue weighted by atomic mass is 16.5. The van der Waals surface area contributed by atoms with E-state index in [9.17, 15) is 0 Å². The Kier molecular flexibility index (Phi) is 4.25. The molecule has 1 aliphatic heterocycles. The van der Waals surface area contributed by atoms with Crippen molar-refractivity contribution in [2.75, 3.05) is 31.1 Å². The van der Waals surface area contributed by atoms with E-state index in [1.165, 1.54) is 17.7 Å². The molecule has 0 bridgehead atoms. The summed E-state index contributed by atoms with van der Waals surface area (Å²) < 4.78 is 5.27. The molecule has 0 radical (unpaired) electrons. The second kappa shape index (κ2) is 6.31. The summed E-state index contributed by atoms with van der Waals surface area (Å²) in [5, 5.41) is 4.06. The van der Waals surface area contributed by atoms with Gasteiger partial charge in [-0.1, -0.05) is 23.4 Å². The minimum absolute atomic E-state index is 0.948. The van der Waals surface area contributed by atoms with Crippen LogP contribution in [-0.4, -0.2) is 36.2 Å². The fourth-order valence-corrected chi connectivity index (χ4v) is 2.98. The maximum Gasteiger partial charge on any atom is 0.138 e. The van der Waals surface area contributed by atoms with Crippen LogP contribution in [-0.2, 0) is 6.54 Å². The first-order valence-electron chi connectivity index (χ1n) is 7.68. The fourth-order valence-electron chi connectivity index (χ4n) is 2.98. The highest BCUT2D eigenvalue weighted by Gasteiger charge is 2.18. The normalized spacial score (nSPS) is 17.0. The van der Waals surface area contributed by atoms with E-state index in [1.807, 2.05) is 13.8 Å². The summed E-state index contributed by atoms with van der Waals surface area (Å²) in [4.78, 5) is 4.99. The average Bonchev–Trinajstić information content (AvgIpc) is 2.71. The fraction of sp³-hybridized carbons (Fsp3) is 0.471. The van der Waals surface area contributed by atoms with Crippen molar-refractivity contribution in [3.8, 4) is 0 Å². The van der Waals surface area contributed by atoms with Gasteiger partial charge in [0, 0.05) is 44.0 Å². The van der Waals surface area contributed by atoms with Gasteiger partial charge in [0.25, 0.3) is 0 Å². The van der Waals surface area contributed by atoms with E-state index in [0.29, 0.717) is 0 Å². The van der Waals surface area contributed by atoms with E-state index < -0.39 is 0 Å². The van der Waals surface area contributed by atoms with E-state index >= 15 is 0 Å². The molecule has 0 spiro atoms. The topological polar surface area (TPSA) is 32.5 Å². The Hall–Kier alpha value is -1.81. The minimum Gasteiger partial charge on any atom is -0.370 e. The largest absolute Gasteiger partial charge is 0.370 e. The maximum absolute atomic E-state index is 5.27. The molecule has 1 aliphatic rings. The Labute approximate surface area is 126 Å². The lowest BCUT2D eigenvalue weighted by molar-refractivity contribution is 0.282. The number of hydrogen-bond donors (Lipinski definition) is 0. The van der Waals surface area contributed by atoms with Crippen molar-refractivity contribution in [3.63, 3.8) is 0 Å². The number of anilines is 1.